The molecule has 0 unspecified atom stereocenters. The number of aromatic nitrogens is 3. The van der Waals surface area contributed by atoms with Gasteiger partial charge in [0, 0.05) is 31.1 Å². The number of aryl methyl sites for hydroxylation is 2. The lowest BCUT2D eigenvalue weighted by atomic mass is 9.84. The van der Waals surface area contributed by atoms with Crippen LogP contribution in [0.3, 0.4) is 0 Å². The van der Waals surface area contributed by atoms with Crippen molar-refractivity contribution in [2.24, 2.45) is 0 Å². The molecular formula is C21H28Cl2N4O4S. The minimum absolute atomic E-state index is 0.00429. The molecule has 1 amide bonds. The van der Waals surface area contributed by atoms with Gasteiger partial charge in [-0.2, -0.15) is 5.10 Å². The van der Waals surface area contributed by atoms with Crippen molar-refractivity contribution in [3.05, 3.63) is 33.7 Å². The van der Waals surface area contributed by atoms with E-state index in [0.29, 0.717) is 49.5 Å². The lowest BCUT2D eigenvalue weighted by Gasteiger charge is -2.35. The van der Waals surface area contributed by atoms with Crippen LogP contribution in [-0.2, 0) is 22.8 Å². The zero-order chi connectivity index (χ0) is 23.7. The van der Waals surface area contributed by atoms with Crippen LogP contribution in [0.2, 0.25) is 10.2 Å². The Balaban J connectivity index is 1.79. The third-order valence-electron chi connectivity index (χ3n) is 6.05. The maximum absolute atomic E-state index is 12.9. The Kier molecular flexibility index (Phi) is 7.54. The molecule has 3 rings (SSSR count). The molecule has 2 aromatic heterocycles. The molecule has 2 heterocycles. The molecule has 0 spiro atoms. The zero-order valence-corrected chi connectivity index (χ0v) is 20.7. The van der Waals surface area contributed by atoms with Crippen molar-refractivity contribution in [3.63, 3.8) is 0 Å². The number of hydrogen-bond acceptors (Lipinski definition) is 6. The van der Waals surface area contributed by atoms with Gasteiger partial charge in [-0.3, -0.25) is 9.48 Å². The van der Waals surface area contributed by atoms with Gasteiger partial charge in [0.2, 0.25) is 0 Å². The zero-order valence-electron chi connectivity index (χ0n) is 18.4. The fourth-order valence-electron chi connectivity index (χ4n) is 4.11. The molecule has 176 valence electrons. The summed E-state index contributed by atoms with van der Waals surface area (Å²) < 4.78 is 25.1. The highest BCUT2D eigenvalue weighted by Gasteiger charge is 2.37. The van der Waals surface area contributed by atoms with E-state index in [1.165, 1.54) is 6.26 Å². The van der Waals surface area contributed by atoms with E-state index in [2.05, 4.69) is 15.4 Å². The van der Waals surface area contributed by atoms with Crippen molar-refractivity contribution in [1.29, 1.82) is 0 Å². The smallest absolute Gasteiger partial charge is 0.273 e. The quantitative estimate of drug-likeness (QED) is 0.561. The number of nitrogens with zero attached hydrogens (tertiary/aromatic N) is 3. The van der Waals surface area contributed by atoms with Crippen LogP contribution in [0.25, 0.3) is 11.3 Å². The Labute approximate surface area is 198 Å². The molecule has 0 bridgehead atoms. The summed E-state index contributed by atoms with van der Waals surface area (Å²) in [5.74, 6) is -0.498. The molecule has 1 fully saturated rings. The van der Waals surface area contributed by atoms with Crippen LogP contribution in [0.1, 0.15) is 55.6 Å². The summed E-state index contributed by atoms with van der Waals surface area (Å²) in [5, 5.41) is 18.0. The molecule has 0 saturated heterocycles. The SMILES string of the molecule is CCc1cc(Cl)ncc1-c1c(Cl)c(C(=O)NC[C@]2(O)CC[C@@H](S(C)(=O)=O)CC2)nn1CC. The van der Waals surface area contributed by atoms with E-state index in [1.807, 2.05) is 13.8 Å². The van der Waals surface area contributed by atoms with Crippen LogP contribution < -0.4 is 5.32 Å². The number of hydrogen-bond donors (Lipinski definition) is 2. The Morgan fingerprint density at radius 2 is 1.97 bits per heavy atom. The lowest BCUT2D eigenvalue weighted by molar-refractivity contribution is 0.00606. The highest BCUT2D eigenvalue weighted by Crippen LogP contribution is 2.35. The van der Waals surface area contributed by atoms with Gasteiger partial charge < -0.3 is 10.4 Å². The highest BCUT2D eigenvalue weighted by molar-refractivity contribution is 7.91. The largest absolute Gasteiger partial charge is 0.388 e. The fourth-order valence-corrected chi connectivity index (χ4v) is 5.70. The maximum atomic E-state index is 12.9. The van der Waals surface area contributed by atoms with Gasteiger partial charge in [-0.05, 0) is 50.7 Å². The van der Waals surface area contributed by atoms with Gasteiger partial charge >= 0.3 is 0 Å². The van der Waals surface area contributed by atoms with Crippen LogP contribution >= 0.6 is 23.2 Å². The van der Waals surface area contributed by atoms with Crippen molar-refractivity contribution in [2.75, 3.05) is 12.8 Å². The van der Waals surface area contributed by atoms with Crippen LogP contribution in [0.15, 0.2) is 12.3 Å². The molecule has 0 radical (unpaired) electrons. The van der Waals surface area contributed by atoms with Gasteiger partial charge in [0.15, 0.2) is 5.69 Å². The average Bonchev–Trinajstić information content (AvgIpc) is 3.08. The number of sulfone groups is 1. The highest BCUT2D eigenvalue weighted by atomic mass is 35.5. The van der Waals surface area contributed by atoms with Crippen LogP contribution in [0, 0.1) is 0 Å². The number of aliphatic hydroxyl groups is 1. The third-order valence-corrected chi connectivity index (χ3v) is 8.30. The number of rotatable bonds is 7. The Bertz CT molecular complexity index is 1110. The van der Waals surface area contributed by atoms with Crippen LogP contribution in [-0.4, -0.2) is 57.8 Å². The standard InChI is InChI=1S/C21H28Cl2N4O4S/c1-4-13-10-16(22)24-11-15(13)19-17(23)18(26-27(19)5-2)20(28)25-12-21(29)8-6-14(7-9-21)32(3,30)31/h10-11,14,29H,4-9,12H2,1-3H3,(H,25,28)/t14-,21+. The van der Waals surface area contributed by atoms with Crippen molar-refractivity contribution in [1.82, 2.24) is 20.1 Å². The van der Waals surface area contributed by atoms with Gasteiger partial charge in [0.25, 0.3) is 5.91 Å². The molecule has 1 aliphatic carbocycles. The molecule has 11 heteroatoms. The second-order valence-electron chi connectivity index (χ2n) is 8.28. The van der Waals surface area contributed by atoms with E-state index >= 15 is 0 Å². The number of pyridine rings is 1. The molecule has 1 aliphatic rings. The first-order valence-electron chi connectivity index (χ1n) is 10.6. The minimum Gasteiger partial charge on any atom is -0.388 e. The predicted octanol–water partition coefficient (Wildman–Crippen LogP) is 3.28. The summed E-state index contributed by atoms with van der Waals surface area (Å²) >= 11 is 12.6. The molecule has 0 aromatic carbocycles. The van der Waals surface area contributed by atoms with E-state index in [1.54, 1.807) is 16.9 Å². The Morgan fingerprint density at radius 1 is 1.31 bits per heavy atom. The summed E-state index contributed by atoms with van der Waals surface area (Å²) in [5.41, 5.74) is 1.19. The lowest BCUT2D eigenvalue weighted by Crippen LogP contribution is -2.47. The van der Waals surface area contributed by atoms with Gasteiger partial charge in [0.1, 0.15) is 15.0 Å². The number of nitrogens with one attached hydrogen (secondary N) is 1. The Hall–Kier alpha value is -1.68. The van der Waals surface area contributed by atoms with E-state index < -0.39 is 26.6 Å². The monoisotopic (exact) mass is 502 g/mol. The van der Waals surface area contributed by atoms with E-state index in [4.69, 9.17) is 23.2 Å². The molecule has 0 atom stereocenters. The number of carbonyl (C=O) groups is 1. The molecule has 32 heavy (non-hydrogen) atoms. The Morgan fingerprint density at radius 3 is 2.53 bits per heavy atom. The molecule has 2 aromatic rings. The second-order valence-corrected chi connectivity index (χ2v) is 11.4. The summed E-state index contributed by atoms with van der Waals surface area (Å²) in [7, 11) is -3.14. The number of amides is 1. The average molecular weight is 503 g/mol. The van der Waals surface area contributed by atoms with Crippen molar-refractivity contribution < 1.29 is 18.3 Å². The van der Waals surface area contributed by atoms with Gasteiger partial charge in [-0.25, -0.2) is 13.4 Å². The topological polar surface area (TPSA) is 114 Å². The number of carbonyl (C=O) groups excluding carboxylic acids is 1. The summed E-state index contributed by atoms with van der Waals surface area (Å²) in [6.45, 7) is 4.37. The number of halogens is 2. The van der Waals surface area contributed by atoms with Crippen molar-refractivity contribution in [3.8, 4) is 11.3 Å². The first-order chi connectivity index (χ1) is 15.0. The van der Waals surface area contributed by atoms with E-state index in [-0.39, 0.29) is 17.3 Å². The minimum atomic E-state index is -3.14. The van der Waals surface area contributed by atoms with Crippen LogP contribution in [0.4, 0.5) is 0 Å². The van der Waals surface area contributed by atoms with Crippen LogP contribution in [0.5, 0.6) is 0 Å². The maximum Gasteiger partial charge on any atom is 0.273 e. The second kappa shape index (κ2) is 9.67. The predicted molar refractivity (Wildman–Crippen MR) is 125 cm³/mol. The molecule has 2 N–H and O–H groups in total. The van der Waals surface area contributed by atoms with Gasteiger partial charge in [0.05, 0.1) is 21.6 Å². The van der Waals surface area contributed by atoms with E-state index in [9.17, 15) is 18.3 Å². The normalized spacial score (nSPS) is 21.5. The fraction of sp³-hybridized carbons (Fsp3) is 0.571. The summed E-state index contributed by atoms with van der Waals surface area (Å²) in [6, 6.07) is 1.77. The first kappa shape index (κ1) is 25.0. The summed E-state index contributed by atoms with van der Waals surface area (Å²) in [6.07, 6.45) is 4.86. The van der Waals surface area contributed by atoms with Crippen molar-refractivity contribution >= 4 is 38.9 Å². The molecule has 8 nitrogen and oxygen atoms in total. The summed E-state index contributed by atoms with van der Waals surface area (Å²) in [4.78, 5) is 17.0. The first-order valence-corrected chi connectivity index (χ1v) is 13.3. The van der Waals surface area contributed by atoms with Gasteiger partial charge in [-0.15, -0.1) is 0 Å². The van der Waals surface area contributed by atoms with Gasteiger partial charge in [-0.1, -0.05) is 30.1 Å². The molecule has 0 aliphatic heterocycles. The third kappa shape index (κ3) is 5.27. The van der Waals surface area contributed by atoms with Crippen molar-refractivity contribution in [2.45, 2.75) is 63.3 Å². The molecule has 1 saturated carbocycles. The molecular weight excluding hydrogens is 475 g/mol. The van der Waals surface area contributed by atoms with E-state index in [0.717, 1.165) is 11.1 Å².